The standard InChI is InChI=1S/C7H15NO2/c1-4-8-7(9)6(3)10-5-2/h6H,4-5H2,1-3H3,(H,8,9). The Morgan fingerprint density at radius 1 is 1.60 bits per heavy atom. The third kappa shape index (κ3) is 3.45. The lowest BCUT2D eigenvalue weighted by atomic mass is 10.4. The van der Waals surface area contributed by atoms with Crippen molar-refractivity contribution in [2.24, 2.45) is 0 Å². The first kappa shape index (κ1) is 9.43. The highest BCUT2D eigenvalue weighted by molar-refractivity contribution is 5.80. The van der Waals surface area contributed by atoms with Crippen LogP contribution in [0.25, 0.3) is 0 Å². The highest BCUT2D eigenvalue weighted by Gasteiger charge is 2.09. The van der Waals surface area contributed by atoms with Gasteiger partial charge in [-0.1, -0.05) is 0 Å². The molecule has 0 saturated heterocycles. The van der Waals surface area contributed by atoms with Gasteiger partial charge in [0.05, 0.1) is 0 Å². The number of likely N-dealkylation sites (N-methyl/N-ethyl adjacent to an activating group) is 1. The van der Waals surface area contributed by atoms with Crippen LogP contribution >= 0.6 is 0 Å². The molecule has 0 aliphatic heterocycles. The van der Waals surface area contributed by atoms with E-state index in [1.165, 1.54) is 0 Å². The molecule has 0 fully saturated rings. The largest absolute Gasteiger partial charge is 0.369 e. The summed E-state index contributed by atoms with van der Waals surface area (Å²) >= 11 is 0. The summed E-state index contributed by atoms with van der Waals surface area (Å²) in [6.07, 6.45) is -0.315. The lowest BCUT2D eigenvalue weighted by molar-refractivity contribution is -0.131. The fourth-order valence-electron chi connectivity index (χ4n) is 0.644. The van der Waals surface area contributed by atoms with Gasteiger partial charge in [0.2, 0.25) is 5.91 Å². The van der Waals surface area contributed by atoms with E-state index in [1.807, 2.05) is 13.8 Å². The number of hydrogen-bond acceptors (Lipinski definition) is 2. The first-order valence-electron chi connectivity index (χ1n) is 3.61. The van der Waals surface area contributed by atoms with Gasteiger partial charge in [0, 0.05) is 13.2 Å². The molecule has 0 radical (unpaired) electrons. The van der Waals surface area contributed by atoms with E-state index in [0.29, 0.717) is 13.2 Å². The Morgan fingerprint density at radius 2 is 2.20 bits per heavy atom. The normalized spacial score (nSPS) is 12.7. The third-order valence-electron chi connectivity index (χ3n) is 1.14. The Bertz CT molecular complexity index is 104. The van der Waals surface area contributed by atoms with Crippen LogP contribution in [0.3, 0.4) is 0 Å². The molecule has 0 aromatic heterocycles. The maximum Gasteiger partial charge on any atom is 0.248 e. The van der Waals surface area contributed by atoms with Crippen LogP contribution in [0.15, 0.2) is 0 Å². The molecule has 0 saturated carbocycles. The van der Waals surface area contributed by atoms with Crippen LogP contribution in [0.4, 0.5) is 0 Å². The quantitative estimate of drug-likeness (QED) is 0.627. The Balaban J connectivity index is 3.49. The number of carbonyl (C=O) groups excluding carboxylic acids is 1. The Morgan fingerprint density at radius 3 is 2.60 bits per heavy atom. The summed E-state index contributed by atoms with van der Waals surface area (Å²) in [4.78, 5) is 10.9. The second-order valence-corrected chi connectivity index (χ2v) is 1.99. The molecule has 1 atom stereocenters. The molecule has 0 heterocycles. The first-order valence-corrected chi connectivity index (χ1v) is 3.61. The van der Waals surface area contributed by atoms with E-state index in [-0.39, 0.29) is 12.0 Å². The third-order valence-corrected chi connectivity index (χ3v) is 1.14. The van der Waals surface area contributed by atoms with Crippen molar-refractivity contribution < 1.29 is 9.53 Å². The Kier molecular flexibility index (Phi) is 4.94. The molecule has 0 aromatic carbocycles. The molecule has 0 rings (SSSR count). The number of rotatable bonds is 4. The van der Waals surface area contributed by atoms with E-state index in [1.54, 1.807) is 6.92 Å². The first-order chi connectivity index (χ1) is 4.72. The second-order valence-electron chi connectivity index (χ2n) is 1.99. The fourth-order valence-corrected chi connectivity index (χ4v) is 0.644. The average Bonchev–Trinajstić information content (AvgIpc) is 1.89. The van der Waals surface area contributed by atoms with Gasteiger partial charge < -0.3 is 10.1 Å². The summed E-state index contributed by atoms with van der Waals surface area (Å²) in [5, 5.41) is 2.67. The molecule has 0 aromatic rings. The summed E-state index contributed by atoms with van der Waals surface area (Å²) in [5.41, 5.74) is 0. The predicted octanol–water partition coefficient (Wildman–Crippen LogP) is 0.547. The summed E-state index contributed by atoms with van der Waals surface area (Å²) in [5.74, 6) is -0.0376. The minimum Gasteiger partial charge on any atom is -0.369 e. The lowest BCUT2D eigenvalue weighted by Gasteiger charge is -2.09. The van der Waals surface area contributed by atoms with Crippen LogP contribution in [-0.4, -0.2) is 25.2 Å². The maximum atomic E-state index is 10.9. The number of hydrogen-bond donors (Lipinski definition) is 1. The topological polar surface area (TPSA) is 38.3 Å². The van der Waals surface area contributed by atoms with Crippen molar-refractivity contribution in [2.75, 3.05) is 13.2 Å². The van der Waals surface area contributed by atoms with Crippen LogP contribution in [0.2, 0.25) is 0 Å². The molecule has 3 heteroatoms. The van der Waals surface area contributed by atoms with Crippen LogP contribution < -0.4 is 5.32 Å². The van der Waals surface area contributed by atoms with Gasteiger partial charge in [0.25, 0.3) is 0 Å². The predicted molar refractivity (Wildman–Crippen MR) is 39.8 cm³/mol. The van der Waals surface area contributed by atoms with Crippen LogP contribution in [-0.2, 0) is 9.53 Å². The van der Waals surface area contributed by atoms with Crippen molar-refractivity contribution in [3.63, 3.8) is 0 Å². The van der Waals surface area contributed by atoms with Gasteiger partial charge in [-0.05, 0) is 20.8 Å². The van der Waals surface area contributed by atoms with E-state index in [0.717, 1.165) is 0 Å². The minimum atomic E-state index is -0.315. The summed E-state index contributed by atoms with van der Waals surface area (Å²) in [7, 11) is 0. The van der Waals surface area contributed by atoms with Gasteiger partial charge >= 0.3 is 0 Å². The fraction of sp³-hybridized carbons (Fsp3) is 0.857. The van der Waals surface area contributed by atoms with Crippen molar-refractivity contribution in [1.29, 1.82) is 0 Å². The summed E-state index contributed by atoms with van der Waals surface area (Å²) in [6, 6.07) is 0. The molecule has 1 unspecified atom stereocenters. The zero-order valence-electron chi connectivity index (χ0n) is 6.81. The number of nitrogens with one attached hydrogen (secondary N) is 1. The van der Waals surface area contributed by atoms with E-state index in [4.69, 9.17) is 4.74 Å². The molecule has 0 spiro atoms. The number of carbonyl (C=O) groups is 1. The SMILES string of the molecule is CCNC(=O)C(C)OCC. The van der Waals surface area contributed by atoms with E-state index >= 15 is 0 Å². The molecule has 0 bridgehead atoms. The van der Waals surface area contributed by atoms with E-state index in [9.17, 15) is 4.79 Å². The summed E-state index contributed by atoms with van der Waals surface area (Å²) in [6.45, 7) is 6.75. The smallest absolute Gasteiger partial charge is 0.248 e. The van der Waals surface area contributed by atoms with Gasteiger partial charge in [0.1, 0.15) is 6.10 Å². The van der Waals surface area contributed by atoms with Crippen molar-refractivity contribution >= 4 is 5.91 Å². The van der Waals surface area contributed by atoms with Crippen molar-refractivity contribution in [1.82, 2.24) is 5.32 Å². The zero-order valence-corrected chi connectivity index (χ0v) is 6.81. The molecule has 0 aliphatic carbocycles. The molecule has 60 valence electrons. The molecule has 3 nitrogen and oxygen atoms in total. The highest BCUT2D eigenvalue weighted by Crippen LogP contribution is 1.88. The van der Waals surface area contributed by atoms with Crippen LogP contribution in [0, 0.1) is 0 Å². The van der Waals surface area contributed by atoms with E-state index in [2.05, 4.69) is 5.32 Å². The Hall–Kier alpha value is -0.570. The number of ether oxygens (including phenoxy) is 1. The van der Waals surface area contributed by atoms with Crippen LogP contribution in [0.1, 0.15) is 20.8 Å². The second kappa shape index (κ2) is 5.23. The van der Waals surface area contributed by atoms with Gasteiger partial charge in [-0.15, -0.1) is 0 Å². The minimum absolute atomic E-state index is 0.0376. The molecular formula is C7H15NO2. The molecule has 0 aliphatic rings. The van der Waals surface area contributed by atoms with Crippen molar-refractivity contribution in [2.45, 2.75) is 26.9 Å². The molecule has 1 amide bonds. The lowest BCUT2D eigenvalue weighted by Crippen LogP contribution is -2.34. The average molecular weight is 145 g/mol. The maximum absolute atomic E-state index is 10.9. The highest BCUT2D eigenvalue weighted by atomic mass is 16.5. The molecule has 1 N–H and O–H groups in total. The van der Waals surface area contributed by atoms with Gasteiger partial charge in [-0.25, -0.2) is 0 Å². The van der Waals surface area contributed by atoms with Crippen LogP contribution in [0.5, 0.6) is 0 Å². The van der Waals surface area contributed by atoms with Crippen molar-refractivity contribution in [3.8, 4) is 0 Å². The zero-order chi connectivity index (χ0) is 7.98. The van der Waals surface area contributed by atoms with Gasteiger partial charge in [-0.2, -0.15) is 0 Å². The number of amides is 1. The van der Waals surface area contributed by atoms with E-state index < -0.39 is 0 Å². The summed E-state index contributed by atoms with van der Waals surface area (Å²) < 4.78 is 5.04. The van der Waals surface area contributed by atoms with Gasteiger partial charge in [-0.3, -0.25) is 4.79 Å². The van der Waals surface area contributed by atoms with Crippen molar-refractivity contribution in [3.05, 3.63) is 0 Å². The molecule has 10 heavy (non-hydrogen) atoms. The van der Waals surface area contributed by atoms with Gasteiger partial charge in [0.15, 0.2) is 0 Å². The monoisotopic (exact) mass is 145 g/mol. The Labute approximate surface area is 61.8 Å². The molecular weight excluding hydrogens is 130 g/mol.